The molecule has 4 aromatic rings. The molecule has 1 heterocycles. The minimum Gasteiger partial charge on any atom is -0.494 e. The van der Waals surface area contributed by atoms with E-state index in [0.717, 1.165) is 38.0 Å². The van der Waals surface area contributed by atoms with Gasteiger partial charge in [0.25, 0.3) is 11.8 Å². The molecule has 5 rings (SSSR count). The van der Waals surface area contributed by atoms with Crippen molar-refractivity contribution in [3.63, 3.8) is 0 Å². The van der Waals surface area contributed by atoms with Crippen molar-refractivity contribution in [1.82, 2.24) is 20.5 Å². The van der Waals surface area contributed by atoms with E-state index in [2.05, 4.69) is 34.4 Å². The molecule has 0 atom stereocenters. The number of hydrogen-bond donors (Lipinski definition) is 4. The lowest BCUT2D eigenvalue weighted by Crippen LogP contribution is -2.34. The molecule has 0 radical (unpaired) electrons. The number of nitrogens with one attached hydrogen (secondary N) is 3. The maximum atomic E-state index is 13.1. The summed E-state index contributed by atoms with van der Waals surface area (Å²) in [5.41, 5.74) is 4.34. The molecule has 8 nitrogen and oxygen atoms in total. The Morgan fingerprint density at radius 3 is 2.25 bits per heavy atom. The number of fused-ring (bicyclic) bond motifs is 1. The number of likely N-dealkylation sites (N-methyl/N-ethyl adjacent to an activating group) is 1. The molecule has 3 aromatic carbocycles. The number of rotatable bonds is 12. The van der Waals surface area contributed by atoms with Crippen LogP contribution in [0.15, 0.2) is 77.8 Å². The summed E-state index contributed by atoms with van der Waals surface area (Å²) < 4.78 is 0. The van der Waals surface area contributed by atoms with Crippen molar-refractivity contribution in [3.05, 3.63) is 95.1 Å². The zero-order chi connectivity index (χ0) is 30.9. The van der Waals surface area contributed by atoms with Crippen molar-refractivity contribution in [2.45, 2.75) is 46.0 Å². The SMILES string of the molecule is CCN(CC)CCNC(=O)c1ccc(N=C(c2ccccc2)c2c(O)[nH]c3ccc(C(=O)NCC4CCCCC4)cc23)cc1. The molecule has 0 aliphatic heterocycles. The maximum absolute atomic E-state index is 13.1. The minimum atomic E-state index is -0.125. The Kier molecular flexibility index (Phi) is 10.5. The molecule has 1 fully saturated rings. The van der Waals surface area contributed by atoms with E-state index in [1.165, 1.54) is 19.3 Å². The second kappa shape index (κ2) is 14.8. The summed E-state index contributed by atoms with van der Waals surface area (Å²) in [6.45, 7) is 8.19. The molecule has 1 aliphatic carbocycles. The molecular weight excluding hydrogens is 550 g/mol. The van der Waals surface area contributed by atoms with Crippen LogP contribution < -0.4 is 10.6 Å². The Labute approximate surface area is 259 Å². The molecule has 8 heteroatoms. The first kappa shape index (κ1) is 31.0. The molecule has 0 bridgehead atoms. The molecule has 0 spiro atoms. The zero-order valence-corrected chi connectivity index (χ0v) is 25.7. The number of carbonyl (C=O) groups excluding carboxylic acids is 2. The zero-order valence-electron chi connectivity index (χ0n) is 25.7. The van der Waals surface area contributed by atoms with Crippen LogP contribution in [0.25, 0.3) is 10.9 Å². The Bertz CT molecular complexity index is 1580. The van der Waals surface area contributed by atoms with Crippen LogP contribution in [-0.4, -0.2) is 65.2 Å². The van der Waals surface area contributed by atoms with Gasteiger partial charge in [0.15, 0.2) is 5.88 Å². The molecule has 44 heavy (non-hydrogen) atoms. The second-order valence-electron chi connectivity index (χ2n) is 11.5. The van der Waals surface area contributed by atoms with Crippen LogP contribution in [0.5, 0.6) is 5.88 Å². The number of amides is 2. The van der Waals surface area contributed by atoms with Gasteiger partial charge >= 0.3 is 0 Å². The molecular formula is C36H43N5O3. The second-order valence-corrected chi connectivity index (χ2v) is 11.5. The highest BCUT2D eigenvalue weighted by molar-refractivity contribution is 6.22. The number of nitrogens with zero attached hydrogens (tertiary/aromatic N) is 2. The van der Waals surface area contributed by atoms with E-state index in [0.29, 0.717) is 58.0 Å². The van der Waals surface area contributed by atoms with Gasteiger partial charge < -0.3 is 25.6 Å². The number of aromatic amines is 1. The number of aliphatic imine (C=N–C) groups is 1. The molecule has 0 saturated heterocycles. The maximum Gasteiger partial charge on any atom is 0.251 e. The van der Waals surface area contributed by atoms with Gasteiger partial charge in [-0.05, 0) is 74.3 Å². The lowest BCUT2D eigenvalue weighted by molar-refractivity contribution is 0.0938. The van der Waals surface area contributed by atoms with Crippen molar-refractivity contribution in [1.29, 1.82) is 0 Å². The topological polar surface area (TPSA) is 110 Å². The first-order valence-electron chi connectivity index (χ1n) is 15.8. The summed E-state index contributed by atoms with van der Waals surface area (Å²) in [6.07, 6.45) is 6.06. The van der Waals surface area contributed by atoms with Crippen LogP contribution in [-0.2, 0) is 0 Å². The van der Waals surface area contributed by atoms with Gasteiger partial charge in [0.05, 0.1) is 17.0 Å². The molecule has 0 unspecified atom stereocenters. The normalized spacial score (nSPS) is 14.2. The Morgan fingerprint density at radius 2 is 1.55 bits per heavy atom. The molecule has 4 N–H and O–H groups in total. The van der Waals surface area contributed by atoms with Crippen molar-refractivity contribution in [2.24, 2.45) is 10.9 Å². The highest BCUT2D eigenvalue weighted by Gasteiger charge is 2.21. The Balaban J connectivity index is 1.41. The number of carbonyl (C=O) groups is 2. The third kappa shape index (κ3) is 7.55. The van der Waals surface area contributed by atoms with Crippen molar-refractivity contribution >= 4 is 34.1 Å². The van der Waals surface area contributed by atoms with Crippen LogP contribution in [0.2, 0.25) is 0 Å². The minimum absolute atomic E-state index is 0.0217. The van der Waals surface area contributed by atoms with E-state index < -0.39 is 0 Å². The Hall–Kier alpha value is -4.43. The number of aromatic nitrogens is 1. The van der Waals surface area contributed by atoms with Crippen molar-refractivity contribution in [2.75, 3.05) is 32.7 Å². The standard InChI is InChI=1S/C36H43N5O3/c1-3-41(4-2)22-21-37-34(42)27-15-18-29(19-16-27)39-33(26-13-9-6-10-14-26)32-30-23-28(17-20-31(30)40-36(32)44)35(43)38-24-25-11-7-5-8-12-25/h6,9-10,13-20,23,25,40,44H,3-5,7-8,11-12,21-22,24H2,1-2H3,(H,37,42)(H,38,43). The van der Waals surface area contributed by atoms with Crippen molar-refractivity contribution in [3.8, 4) is 5.88 Å². The number of hydrogen-bond acceptors (Lipinski definition) is 5. The summed E-state index contributed by atoms with van der Waals surface area (Å²) in [5, 5.41) is 17.9. The summed E-state index contributed by atoms with van der Waals surface area (Å²) in [5.74, 6) is 0.268. The van der Waals surface area contributed by atoms with Crippen LogP contribution >= 0.6 is 0 Å². The first-order valence-corrected chi connectivity index (χ1v) is 15.8. The van der Waals surface area contributed by atoms with Gasteiger partial charge in [-0.2, -0.15) is 0 Å². The molecule has 2 amide bonds. The average Bonchev–Trinajstić information content (AvgIpc) is 3.40. The fraction of sp³-hybridized carbons (Fsp3) is 0.361. The monoisotopic (exact) mass is 593 g/mol. The van der Waals surface area contributed by atoms with Gasteiger partial charge in [-0.15, -0.1) is 0 Å². The lowest BCUT2D eigenvalue weighted by atomic mass is 9.89. The fourth-order valence-corrected chi connectivity index (χ4v) is 5.94. The molecule has 1 saturated carbocycles. The number of aromatic hydroxyl groups is 1. The number of H-pyrrole nitrogens is 1. The van der Waals surface area contributed by atoms with Gasteiger partial charge in [-0.3, -0.25) is 9.59 Å². The first-order chi connectivity index (χ1) is 21.5. The van der Waals surface area contributed by atoms with Crippen molar-refractivity contribution < 1.29 is 14.7 Å². The molecule has 230 valence electrons. The van der Waals surface area contributed by atoms with Crippen LogP contribution in [0.3, 0.4) is 0 Å². The van der Waals surface area contributed by atoms with Crippen LogP contribution in [0, 0.1) is 5.92 Å². The van der Waals surface area contributed by atoms with E-state index in [-0.39, 0.29) is 17.7 Å². The number of benzene rings is 3. The highest BCUT2D eigenvalue weighted by atomic mass is 16.3. The van der Waals surface area contributed by atoms with E-state index >= 15 is 0 Å². The van der Waals surface area contributed by atoms with Crippen LogP contribution in [0.1, 0.15) is 77.8 Å². The summed E-state index contributed by atoms with van der Waals surface area (Å²) in [4.78, 5) is 36.2. The van der Waals surface area contributed by atoms with Gasteiger partial charge in [-0.25, -0.2) is 4.99 Å². The van der Waals surface area contributed by atoms with Crippen LogP contribution in [0.4, 0.5) is 5.69 Å². The fourth-order valence-electron chi connectivity index (χ4n) is 5.94. The largest absolute Gasteiger partial charge is 0.494 e. The highest BCUT2D eigenvalue weighted by Crippen LogP contribution is 2.32. The lowest BCUT2D eigenvalue weighted by Gasteiger charge is -2.21. The van der Waals surface area contributed by atoms with E-state index in [1.54, 1.807) is 30.3 Å². The predicted octanol–water partition coefficient (Wildman–Crippen LogP) is 6.42. The summed E-state index contributed by atoms with van der Waals surface area (Å²) in [6, 6.07) is 22.2. The van der Waals surface area contributed by atoms with E-state index in [4.69, 9.17) is 4.99 Å². The van der Waals surface area contributed by atoms with Gasteiger partial charge in [0.2, 0.25) is 0 Å². The van der Waals surface area contributed by atoms with Gasteiger partial charge in [0.1, 0.15) is 0 Å². The summed E-state index contributed by atoms with van der Waals surface area (Å²) in [7, 11) is 0. The average molecular weight is 594 g/mol. The van der Waals surface area contributed by atoms with Gasteiger partial charge in [0, 0.05) is 47.2 Å². The molecule has 1 aliphatic rings. The van der Waals surface area contributed by atoms with Gasteiger partial charge in [-0.1, -0.05) is 63.4 Å². The predicted molar refractivity (Wildman–Crippen MR) is 177 cm³/mol. The quantitative estimate of drug-likeness (QED) is 0.142. The third-order valence-electron chi connectivity index (χ3n) is 8.58. The molecule has 1 aromatic heterocycles. The summed E-state index contributed by atoms with van der Waals surface area (Å²) >= 11 is 0. The Morgan fingerprint density at radius 1 is 0.864 bits per heavy atom. The smallest absolute Gasteiger partial charge is 0.251 e. The van der Waals surface area contributed by atoms with E-state index in [1.807, 2.05) is 42.5 Å². The van der Waals surface area contributed by atoms with E-state index in [9.17, 15) is 14.7 Å². The third-order valence-corrected chi connectivity index (χ3v) is 8.58.